The molecule has 0 N–H and O–H groups in total. The highest BCUT2D eigenvalue weighted by molar-refractivity contribution is 6.33. The lowest BCUT2D eigenvalue weighted by atomic mass is 10.3. The average Bonchev–Trinajstić information content (AvgIpc) is 2.05. The normalized spacial score (nSPS) is 9.18. The highest BCUT2D eigenvalue weighted by atomic mass is 35.5. The van der Waals surface area contributed by atoms with Crippen molar-refractivity contribution in [3.63, 3.8) is 0 Å². The van der Waals surface area contributed by atoms with E-state index in [1.807, 2.05) is 0 Å². The van der Waals surface area contributed by atoms with Gasteiger partial charge in [-0.05, 0) is 12.1 Å². The van der Waals surface area contributed by atoms with Crippen molar-refractivity contribution in [1.29, 1.82) is 0 Å². The molecular weight excluding hydrogens is 166 g/mol. The Bertz CT molecular complexity index is 281. The standard InChI is InChI=1S/C7H4ClNO2/c8-5-1-2-6(9-3-5)7(11)4-10/h1-4H. The van der Waals surface area contributed by atoms with Crippen LogP contribution in [0.2, 0.25) is 5.02 Å². The fourth-order valence-corrected chi connectivity index (χ4v) is 0.694. The van der Waals surface area contributed by atoms with Crippen LogP contribution in [0.15, 0.2) is 18.3 Å². The third-order valence-corrected chi connectivity index (χ3v) is 1.31. The third kappa shape index (κ3) is 1.85. The van der Waals surface area contributed by atoms with Gasteiger partial charge in [-0.15, -0.1) is 0 Å². The van der Waals surface area contributed by atoms with Crippen LogP contribution < -0.4 is 0 Å². The summed E-state index contributed by atoms with van der Waals surface area (Å²) in [5.41, 5.74) is 0.115. The predicted octanol–water partition coefficient (Wildman–Crippen LogP) is 1.12. The van der Waals surface area contributed by atoms with Crippen LogP contribution in [-0.2, 0) is 4.79 Å². The molecule has 0 aromatic carbocycles. The molecule has 1 aromatic heterocycles. The summed E-state index contributed by atoms with van der Waals surface area (Å²) < 4.78 is 0. The van der Waals surface area contributed by atoms with Gasteiger partial charge in [0.2, 0.25) is 5.78 Å². The number of halogens is 1. The Labute approximate surface area is 68.0 Å². The van der Waals surface area contributed by atoms with E-state index in [1.165, 1.54) is 18.3 Å². The van der Waals surface area contributed by atoms with E-state index < -0.39 is 5.78 Å². The Morgan fingerprint density at radius 2 is 2.27 bits per heavy atom. The molecule has 0 saturated heterocycles. The number of hydrogen-bond acceptors (Lipinski definition) is 3. The quantitative estimate of drug-likeness (QED) is 0.379. The van der Waals surface area contributed by atoms with Crippen LogP contribution in [0.25, 0.3) is 0 Å². The van der Waals surface area contributed by atoms with Crippen LogP contribution in [0.4, 0.5) is 0 Å². The summed E-state index contributed by atoms with van der Waals surface area (Å²) in [6, 6.07) is 2.91. The van der Waals surface area contributed by atoms with Crippen molar-refractivity contribution in [3.8, 4) is 0 Å². The zero-order valence-electron chi connectivity index (χ0n) is 5.45. The minimum absolute atomic E-state index is 0.115. The molecule has 0 saturated carbocycles. The lowest BCUT2D eigenvalue weighted by Crippen LogP contribution is -2.01. The zero-order chi connectivity index (χ0) is 8.27. The Morgan fingerprint density at radius 1 is 1.55 bits per heavy atom. The molecule has 0 atom stereocenters. The minimum atomic E-state index is -0.637. The maximum absolute atomic E-state index is 10.7. The summed E-state index contributed by atoms with van der Waals surface area (Å²) in [5.74, 6) is -0.637. The maximum Gasteiger partial charge on any atom is 0.243 e. The van der Waals surface area contributed by atoms with Crippen molar-refractivity contribution >= 4 is 23.7 Å². The smallest absolute Gasteiger partial charge is 0.243 e. The van der Waals surface area contributed by atoms with Gasteiger partial charge in [-0.1, -0.05) is 11.6 Å². The predicted molar refractivity (Wildman–Crippen MR) is 39.6 cm³/mol. The number of aromatic nitrogens is 1. The zero-order valence-corrected chi connectivity index (χ0v) is 6.21. The summed E-state index contributed by atoms with van der Waals surface area (Å²) in [7, 11) is 0. The second-order valence-corrected chi connectivity index (χ2v) is 2.28. The fourth-order valence-electron chi connectivity index (χ4n) is 0.582. The van der Waals surface area contributed by atoms with Gasteiger partial charge in [0.15, 0.2) is 6.29 Å². The number of rotatable bonds is 2. The fraction of sp³-hybridized carbons (Fsp3) is 0. The lowest BCUT2D eigenvalue weighted by molar-refractivity contribution is -0.104. The van der Waals surface area contributed by atoms with Gasteiger partial charge in [-0.3, -0.25) is 14.6 Å². The molecule has 0 aliphatic heterocycles. The number of hydrogen-bond donors (Lipinski definition) is 0. The topological polar surface area (TPSA) is 47.0 Å². The Morgan fingerprint density at radius 3 is 2.73 bits per heavy atom. The van der Waals surface area contributed by atoms with E-state index in [4.69, 9.17) is 11.6 Å². The van der Waals surface area contributed by atoms with E-state index in [9.17, 15) is 9.59 Å². The second kappa shape index (κ2) is 3.25. The molecule has 0 fully saturated rings. The summed E-state index contributed by atoms with van der Waals surface area (Å²) in [5, 5.41) is 0.437. The summed E-state index contributed by atoms with van der Waals surface area (Å²) in [4.78, 5) is 24.3. The van der Waals surface area contributed by atoms with E-state index in [2.05, 4.69) is 4.98 Å². The van der Waals surface area contributed by atoms with Crippen LogP contribution in [0.5, 0.6) is 0 Å². The van der Waals surface area contributed by atoms with Gasteiger partial charge in [0.1, 0.15) is 5.69 Å². The van der Waals surface area contributed by atoms with Crippen molar-refractivity contribution in [2.75, 3.05) is 0 Å². The van der Waals surface area contributed by atoms with E-state index in [-0.39, 0.29) is 12.0 Å². The van der Waals surface area contributed by atoms with E-state index in [1.54, 1.807) is 0 Å². The third-order valence-electron chi connectivity index (χ3n) is 1.09. The van der Waals surface area contributed by atoms with Crippen LogP contribution in [-0.4, -0.2) is 17.1 Å². The Balaban J connectivity index is 2.98. The van der Waals surface area contributed by atoms with Crippen molar-refractivity contribution in [3.05, 3.63) is 29.0 Å². The second-order valence-electron chi connectivity index (χ2n) is 1.84. The van der Waals surface area contributed by atoms with Gasteiger partial charge in [0.25, 0.3) is 0 Å². The molecule has 0 spiro atoms. The minimum Gasteiger partial charge on any atom is -0.294 e. The van der Waals surface area contributed by atoms with Gasteiger partial charge >= 0.3 is 0 Å². The summed E-state index contributed by atoms with van der Waals surface area (Å²) in [6.07, 6.45) is 1.54. The number of carbonyl (C=O) groups is 2. The monoisotopic (exact) mass is 169 g/mol. The molecule has 1 heterocycles. The molecule has 0 unspecified atom stereocenters. The molecule has 11 heavy (non-hydrogen) atoms. The summed E-state index contributed by atoms with van der Waals surface area (Å²) >= 11 is 5.50. The molecule has 56 valence electrons. The van der Waals surface area contributed by atoms with Crippen LogP contribution >= 0.6 is 11.6 Å². The molecule has 4 heteroatoms. The number of aldehydes is 1. The Hall–Kier alpha value is -1.22. The largest absolute Gasteiger partial charge is 0.294 e. The molecule has 0 aliphatic rings. The average molecular weight is 170 g/mol. The van der Waals surface area contributed by atoms with Gasteiger partial charge in [0, 0.05) is 6.20 Å². The SMILES string of the molecule is O=CC(=O)c1ccc(Cl)cn1. The molecule has 0 amide bonds. The summed E-state index contributed by atoms with van der Waals surface area (Å²) in [6.45, 7) is 0. The first kappa shape index (κ1) is 7.88. The molecule has 3 nitrogen and oxygen atoms in total. The van der Waals surface area contributed by atoms with Gasteiger partial charge in [-0.2, -0.15) is 0 Å². The molecule has 0 bridgehead atoms. The number of pyridine rings is 1. The highest BCUT2D eigenvalue weighted by Crippen LogP contribution is 2.05. The van der Waals surface area contributed by atoms with Gasteiger partial charge < -0.3 is 0 Å². The number of ketones is 1. The van der Waals surface area contributed by atoms with Crippen molar-refractivity contribution < 1.29 is 9.59 Å². The van der Waals surface area contributed by atoms with Crippen molar-refractivity contribution in [2.24, 2.45) is 0 Å². The molecular formula is C7H4ClNO2. The molecule has 0 radical (unpaired) electrons. The molecule has 0 aliphatic carbocycles. The van der Waals surface area contributed by atoms with Crippen LogP contribution in [0, 0.1) is 0 Å². The first-order valence-electron chi connectivity index (χ1n) is 2.85. The molecule has 1 aromatic rings. The van der Waals surface area contributed by atoms with Crippen LogP contribution in [0.3, 0.4) is 0 Å². The highest BCUT2D eigenvalue weighted by Gasteiger charge is 2.03. The number of Topliss-reactive ketones (excluding diaryl/α,β-unsaturated/α-hetero) is 1. The van der Waals surface area contributed by atoms with E-state index in [0.717, 1.165) is 0 Å². The number of nitrogens with zero attached hydrogens (tertiary/aromatic N) is 1. The first-order valence-corrected chi connectivity index (χ1v) is 3.23. The van der Waals surface area contributed by atoms with Gasteiger partial charge in [0.05, 0.1) is 5.02 Å². The van der Waals surface area contributed by atoms with E-state index in [0.29, 0.717) is 5.02 Å². The number of carbonyl (C=O) groups excluding carboxylic acids is 2. The van der Waals surface area contributed by atoms with E-state index >= 15 is 0 Å². The van der Waals surface area contributed by atoms with Crippen molar-refractivity contribution in [2.45, 2.75) is 0 Å². The maximum atomic E-state index is 10.7. The van der Waals surface area contributed by atoms with Crippen LogP contribution in [0.1, 0.15) is 10.5 Å². The first-order chi connectivity index (χ1) is 5.24. The van der Waals surface area contributed by atoms with Gasteiger partial charge in [-0.25, -0.2) is 0 Å². The van der Waals surface area contributed by atoms with Crippen molar-refractivity contribution in [1.82, 2.24) is 4.98 Å². The Kier molecular flexibility index (Phi) is 2.33. The molecule has 1 rings (SSSR count). The lowest BCUT2D eigenvalue weighted by Gasteiger charge is -1.91.